The molecule has 1 aromatic heterocycles. The summed E-state index contributed by atoms with van der Waals surface area (Å²) >= 11 is 0. The molecule has 1 aromatic carbocycles. The summed E-state index contributed by atoms with van der Waals surface area (Å²) in [5.41, 5.74) is 7.13. The molecule has 2 N–H and O–H groups in total. The number of para-hydroxylation sites is 1. The van der Waals surface area contributed by atoms with Gasteiger partial charge in [-0.25, -0.2) is 0 Å². The fraction of sp³-hybridized carbons (Fsp3) is 0.182. The minimum absolute atomic E-state index is 0.165. The zero-order chi connectivity index (χ0) is 10.7. The largest absolute Gasteiger partial charge is 0.487 e. The van der Waals surface area contributed by atoms with Gasteiger partial charge in [0, 0.05) is 0 Å². The van der Waals surface area contributed by atoms with Gasteiger partial charge in [0.25, 0.3) is 6.01 Å². The average molecular weight is 204 g/mol. The first-order valence-corrected chi connectivity index (χ1v) is 4.64. The lowest BCUT2D eigenvalue weighted by Gasteiger charge is -2.06. The van der Waals surface area contributed by atoms with Gasteiger partial charge in [-0.05, 0) is 18.6 Å². The number of nitrogens with zero attached hydrogens (tertiary/aromatic N) is 1. The number of nitrogens with two attached hydrogens (primary N) is 1. The Morgan fingerprint density at radius 2 is 2.20 bits per heavy atom. The zero-order valence-corrected chi connectivity index (χ0v) is 8.43. The van der Waals surface area contributed by atoms with Crippen molar-refractivity contribution in [1.29, 1.82) is 0 Å². The van der Waals surface area contributed by atoms with Gasteiger partial charge in [0.1, 0.15) is 24.3 Å². The van der Waals surface area contributed by atoms with Crippen LogP contribution >= 0.6 is 0 Å². The molecule has 0 bridgehead atoms. The van der Waals surface area contributed by atoms with E-state index < -0.39 is 0 Å². The molecule has 4 nitrogen and oxygen atoms in total. The standard InChI is InChI=1S/C11H12N2O2/c1-8-4-2-3-5-10(8)14-6-9-7-15-11(12)13-9/h2-5,7H,6H2,1H3,(H2,12,13). The number of nitrogen functional groups attached to an aromatic ring is 1. The highest BCUT2D eigenvalue weighted by atomic mass is 16.5. The van der Waals surface area contributed by atoms with Crippen molar-refractivity contribution in [2.45, 2.75) is 13.5 Å². The third kappa shape index (κ3) is 2.28. The van der Waals surface area contributed by atoms with Gasteiger partial charge in [0.2, 0.25) is 0 Å². The molecule has 0 saturated carbocycles. The molecule has 2 rings (SSSR count). The number of hydrogen-bond donors (Lipinski definition) is 1. The molecule has 0 atom stereocenters. The molecule has 78 valence electrons. The lowest BCUT2D eigenvalue weighted by atomic mass is 10.2. The Morgan fingerprint density at radius 3 is 2.87 bits per heavy atom. The Balaban J connectivity index is 2.02. The zero-order valence-electron chi connectivity index (χ0n) is 8.43. The Labute approximate surface area is 87.7 Å². The third-order valence-electron chi connectivity index (χ3n) is 2.04. The molecule has 0 aliphatic carbocycles. The van der Waals surface area contributed by atoms with Gasteiger partial charge in [-0.2, -0.15) is 4.98 Å². The van der Waals surface area contributed by atoms with Crippen molar-refractivity contribution in [1.82, 2.24) is 4.98 Å². The number of hydrogen-bond acceptors (Lipinski definition) is 4. The summed E-state index contributed by atoms with van der Waals surface area (Å²) < 4.78 is 10.4. The Bertz CT molecular complexity index is 451. The normalized spacial score (nSPS) is 10.2. The van der Waals surface area contributed by atoms with Crippen LogP contribution < -0.4 is 10.5 Å². The molecule has 1 heterocycles. The fourth-order valence-electron chi connectivity index (χ4n) is 1.26. The molecule has 15 heavy (non-hydrogen) atoms. The molecular weight excluding hydrogens is 192 g/mol. The number of aryl methyl sites for hydroxylation is 1. The molecule has 0 fully saturated rings. The number of oxazole rings is 1. The van der Waals surface area contributed by atoms with Gasteiger partial charge in [0.15, 0.2) is 0 Å². The SMILES string of the molecule is Cc1ccccc1OCc1coc(N)n1. The van der Waals surface area contributed by atoms with Crippen LogP contribution in [0.3, 0.4) is 0 Å². The Hall–Kier alpha value is -1.97. The highest BCUT2D eigenvalue weighted by molar-refractivity contribution is 5.31. The average Bonchev–Trinajstić information content (AvgIpc) is 2.63. The second-order valence-electron chi connectivity index (χ2n) is 3.23. The van der Waals surface area contributed by atoms with Crippen LogP contribution in [0.4, 0.5) is 6.01 Å². The van der Waals surface area contributed by atoms with Crippen LogP contribution in [0.25, 0.3) is 0 Å². The van der Waals surface area contributed by atoms with Crippen LogP contribution in [-0.2, 0) is 6.61 Å². The predicted octanol–water partition coefficient (Wildman–Crippen LogP) is 2.14. The van der Waals surface area contributed by atoms with Gasteiger partial charge >= 0.3 is 0 Å². The molecule has 0 saturated heterocycles. The monoisotopic (exact) mass is 204 g/mol. The van der Waals surface area contributed by atoms with E-state index in [9.17, 15) is 0 Å². The second-order valence-corrected chi connectivity index (χ2v) is 3.23. The number of benzene rings is 1. The van der Waals surface area contributed by atoms with E-state index in [0.29, 0.717) is 12.3 Å². The van der Waals surface area contributed by atoms with E-state index in [1.165, 1.54) is 6.26 Å². The van der Waals surface area contributed by atoms with Crippen molar-refractivity contribution in [3.05, 3.63) is 41.8 Å². The van der Waals surface area contributed by atoms with E-state index in [1.807, 2.05) is 31.2 Å². The summed E-state index contributed by atoms with van der Waals surface area (Å²) in [4.78, 5) is 3.94. The minimum atomic E-state index is 0.165. The summed E-state index contributed by atoms with van der Waals surface area (Å²) in [6.07, 6.45) is 1.49. The van der Waals surface area contributed by atoms with Gasteiger partial charge in [0.05, 0.1) is 0 Å². The van der Waals surface area contributed by atoms with Crippen molar-refractivity contribution < 1.29 is 9.15 Å². The molecule has 0 aliphatic rings. The summed E-state index contributed by atoms with van der Waals surface area (Å²) in [5, 5.41) is 0. The number of ether oxygens (including phenoxy) is 1. The maximum atomic E-state index is 5.56. The van der Waals surface area contributed by atoms with Crippen molar-refractivity contribution in [2.24, 2.45) is 0 Å². The van der Waals surface area contributed by atoms with E-state index in [2.05, 4.69) is 4.98 Å². The topological polar surface area (TPSA) is 61.3 Å². The Morgan fingerprint density at radius 1 is 1.40 bits per heavy atom. The number of aromatic nitrogens is 1. The van der Waals surface area contributed by atoms with Gasteiger partial charge < -0.3 is 14.9 Å². The van der Waals surface area contributed by atoms with Crippen LogP contribution in [0.2, 0.25) is 0 Å². The summed E-state index contributed by atoms with van der Waals surface area (Å²) in [6, 6.07) is 7.97. The minimum Gasteiger partial charge on any atom is -0.487 e. The molecule has 0 radical (unpaired) electrons. The maximum Gasteiger partial charge on any atom is 0.292 e. The maximum absolute atomic E-state index is 5.56. The van der Waals surface area contributed by atoms with Crippen molar-refractivity contribution in [2.75, 3.05) is 5.73 Å². The molecular formula is C11H12N2O2. The second kappa shape index (κ2) is 4.04. The van der Waals surface area contributed by atoms with Gasteiger partial charge in [-0.3, -0.25) is 0 Å². The van der Waals surface area contributed by atoms with Crippen LogP contribution in [0.1, 0.15) is 11.3 Å². The van der Waals surface area contributed by atoms with E-state index in [4.69, 9.17) is 14.9 Å². The summed E-state index contributed by atoms with van der Waals surface area (Å²) in [7, 11) is 0. The molecule has 4 heteroatoms. The fourth-order valence-corrected chi connectivity index (χ4v) is 1.26. The van der Waals surface area contributed by atoms with Crippen molar-refractivity contribution in [3.63, 3.8) is 0 Å². The van der Waals surface area contributed by atoms with E-state index in [0.717, 1.165) is 11.3 Å². The van der Waals surface area contributed by atoms with Crippen molar-refractivity contribution in [3.8, 4) is 5.75 Å². The molecule has 2 aromatic rings. The predicted molar refractivity (Wildman–Crippen MR) is 56.4 cm³/mol. The Kier molecular flexibility index (Phi) is 2.58. The smallest absolute Gasteiger partial charge is 0.292 e. The van der Waals surface area contributed by atoms with Crippen molar-refractivity contribution >= 4 is 6.01 Å². The van der Waals surface area contributed by atoms with Gasteiger partial charge in [-0.1, -0.05) is 18.2 Å². The van der Waals surface area contributed by atoms with E-state index >= 15 is 0 Å². The molecule has 0 amide bonds. The van der Waals surface area contributed by atoms with Crippen LogP contribution in [0.15, 0.2) is 34.9 Å². The van der Waals surface area contributed by atoms with E-state index in [1.54, 1.807) is 0 Å². The molecule has 0 aliphatic heterocycles. The molecule has 0 unspecified atom stereocenters. The lowest BCUT2D eigenvalue weighted by Crippen LogP contribution is -1.97. The number of rotatable bonds is 3. The summed E-state index contributed by atoms with van der Waals surface area (Å²) in [5.74, 6) is 0.846. The first-order chi connectivity index (χ1) is 7.25. The first kappa shape index (κ1) is 9.58. The number of anilines is 1. The third-order valence-corrected chi connectivity index (χ3v) is 2.04. The first-order valence-electron chi connectivity index (χ1n) is 4.64. The van der Waals surface area contributed by atoms with Crippen LogP contribution in [0, 0.1) is 6.92 Å². The van der Waals surface area contributed by atoms with Crippen LogP contribution in [0.5, 0.6) is 5.75 Å². The van der Waals surface area contributed by atoms with E-state index in [-0.39, 0.29) is 6.01 Å². The van der Waals surface area contributed by atoms with Gasteiger partial charge in [-0.15, -0.1) is 0 Å². The highest BCUT2D eigenvalue weighted by Crippen LogP contribution is 2.17. The highest BCUT2D eigenvalue weighted by Gasteiger charge is 2.02. The lowest BCUT2D eigenvalue weighted by molar-refractivity contribution is 0.299. The molecule has 0 spiro atoms. The summed E-state index contributed by atoms with van der Waals surface area (Å²) in [6.45, 7) is 2.36. The quantitative estimate of drug-likeness (QED) is 0.832. The van der Waals surface area contributed by atoms with Crippen LogP contribution in [-0.4, -0.2) is 4.98 Å².